The number of anilines is 1. The average molecular weight is 319 g/mol. The van der Waals surface area contributed by atoms with E-state index in [-0.39, 0.29) is 0 Å². The standard InChI is InChI=1S/C14H8F3N5O/c15-10-5-4-9(11(16)12(10)17)14(23)18-8-3-1-2-7(6-8)13-19-21-22-20-13/h1-6H,(H,18,23)(H,19,20,21,22). The van der Waals surface area contributed by atoms with Gasteiger partial charge in [-0.2, -0.15) is 5.21 Å². The van der Waals surface area contributed by atoms with Crippen molar-refractivity contribution in [2.75, 3.05) is 5.32 Å². The molecule has 2 aromatic carbocycles. The third-order valence-electron chi connectivity index (χ3n) is 3.00. The van der Waals surface area contributed by atoms with Crippen LogP contribution < -0.4 is 5.32 Å². The lowest BCUT2D eigenvalue weighted by molar-refractivity contribution is 0.102. The highest BCUT2D eigenvalue weighted by atomic mass is 19.2. The number of aromatic amines is 1. The van der Waals surface area contributed by atoms with E-state index >= 15 is 0 Å². The van der Waals surface area contributed by atoms with Crippen LogP contribution >= 0.6 is 0 Å². The lowest BCUT2D eigenvalue weighted by atomic mass is 10.1. The molecule has 2 N–H and O–H groups in total. The Balaban J connectivity index is 1.86. The summed E-state index contributed by atoms with van der Waals surface area (Å²) in [5.74, 6) is -5.21. The number of nitrogens with one attached hydrogen (secondary N) is 2. The first-order valence-corrected chi connectivity index (χ1v) is 6.35. The van der Waals surface area contributed by atoms with Crippen molar-refractivity contribution in [2.45, 2.75) is 0 Å². The minimum atomic E-state index is -1.70. The molecule has 0 fully saturated rings. The van der Waals surface area contributed by atoms with Crippen molar-refractivity contribution in [1.82, 2.24) is 20.6 Å². The first-order chi connectivity index (χ1) is 11.1. The topological polar surface area (TPSA) is 83.6 Å². The highest BCUT2D eigenvalue weighted by Gasteiger charge is 2.19. The summed E-state index contributed by atoms with van der Waals surface area (Å²) in [7, 11) is 0. The molecule has 0 aliphatic heterocycles. The Morgan fingerprint density at radius 3 is 2.65 bits per heavy atom. The maximum Gasteiger partial charge on any atom is 0.258 e. The summed E-state index contributed by atoms with van der Waals surface area (Å²) in [5, 5.41) is 15.7. The number of rotatable bonds is 3. The van der Waals surface area contributed by atoms with Gasteiger partial charge in [0, 0.05) is 11.3 Å². The SMILES string of the molecule is O=C(Nc1cccc(-c2nn[nH]n2)c1)c1ccc(F)c(F)c1F. The van der Waals surface area contributed by atoms with Gasteiger partial charge in [-0.3, -0.25) is 4.79 Å². The first-order valence-electron chi connectivity index (χ1n) is 6.35. The molecule has 0 bridgehead atoms. The van der Waals surface area contributed by atoms with Gasteiger partial charge in [0.15, 0.2) is 17.5 Å². The van der Waals surface area contributed by atoms with Crippen LogP contribution in [0.5, 0.6) is 0 Å². The summed E-state index contributed by atoms with van der Waals surface area (Å²) in [6, 6.07) is 7.91. The fourth-order valence-corrected chi connectivity index (χ4v) is 1.92. The molecule has 0 atom stereocenters. The smallest absolute Gasteiger partial charge is 0.258 e. The van der Waals surface area contributed by atoms with Gasteiger partial charge < -0.3 is 5.32 Å². The predicted molar refractivity (Wildman–Crippen MR) is 73.9 cm³/mol. The highest BCUT2D eigenvalue weighted by Crippen LogP contribution is 2.20. The van der Waals surface area contributed by atoms with Crippen molar-refractivity contribution >= 4 is 11.6 Å². The van der Waals surface area contributed by atoms with E-state index in [2.05, 4.69) is 25.9 Å². The average Bonchev–Trinajstić information content (AvgIpc) is 3.07. The molecule has 9 heteroatoms. The summed E-state index contributed by atoms with van der Waals surface area (Å²) in [6.45, 7) is 0. The van der Waals surface area contributed by atoms with E-state index in [0.29, 0.717) is 23.1 Å². The molecule has 0 unspecified atom stereocenters. The van der Waals surface area contributed by atoms with E-state index in [9.17, 15) is 18.0 Å². The number of benzene rings is 2. The number of amides is 1. The van der Waals surface area contributed by atoms with Crippen LogP contribution in [0.25, 0.3) is 11.4 Å². The number of carbonyl (C=O) groups is 1. The van der Waals surface area contributed by atoms with Gasteiger partial charge in [0.25, 0.3) is 5.91 Å². The molecule has 1 amide bonds. The molecule has 0 saturated carbocycles. The summed E-state index contributed by atoms with van der Waals surface area (Å²) >= 11 is 0. The molecule has 0 spiro atoms. The number of hydrogen-bond acceptors (Lipinski definition) is 4. The predicted octanol–water partition coefficient (Wildman–Crippen LogP) is 2.54. The molecule has 1 heterocycles. The molecule has 116 valence electrons. The van der Waals surface area contributed by atoms with E-state index in [4.69, 9.17) is 0 Å². The van der Waals surface area contributed by atoms with Gasteiger partial charge in [-0.25, -0.2) is 13.2 Å². The maximum absolute atomic E-state index is 13.6. The lowest BCUT2D eigenvalue weighted by Gasteiger charge is -2.07. The van der Waals surface area contributed by atoms with Crippen molar-refractivity contribution in [1.29, 1.82) is 0 Å². The normalized spacial score (nSPS) is 10.6. The van der Waals surface area contributed by atoms with Crippen molar-refractivity contribution < 1.29 is 18.0 Å². The Labute approximate surface area is 127 Å². The lowest BCUT2D eigenvalue weighted by Crippen LogP contribution is -2.15. The number of H-pyrrole nitrogens is 1. The van der Waals surface area contributed by atoms with Gasteiger partial charge in [-0.05, 0) is 29.5 Å². The third-order valence-corrected chi connectivity index (χ3v) is 3.00. The molecule has 0 radical (unpaired) electrons. The Hall–Kier alpha value is -3.23. The quantitative estimate of drug-likeness (QED) is 0.727. The molecule has 3 aromatic rings. The summed E-state index contributed by atoms with van der Waals surface area (Å²) in [5.41, 5.74) is 0.262. The molecule has 0 saturated heterocycles. The minimum Gasteiger partial charge on any atom is -0.322 e. The van der Waals surface area contributed by atoms with Crippen LogP contribution in [0.4, 0.5) is 18.9 Å². The zero-order chi connectivity index (χ0) is 16.4. The van der Waals surface area contributed by atoms with Crippen molar-refractivity contribution in [3.63, 3.8) is 0 Å². The Kier molecular flexibility index (Phi) is 3.75. The van der Waals surface area contributed by atoms with Gasteiger partial charge in [-0.15, -0.1) is 10.2 Å². The van der Waals surface area contributed by atoms with Gasteiger partial charge in [0.2, 0.25) is 5.82 Å². The van der Waals surface area contributed by atoms with Crippen LogP contribution in [0, 0.1) is 17.5 Å². The van der Waals surface area contributed by atoms with Crippen LogP contribution in [0.2, 0.25) is 0 Å². The van der Waals surface area contributed by atoms with Gasteiger partial charge in [0.05, 0.1) is 5.56 Å². The number of tetrazole rings is 1. The first kappa shape index (κ1) is 14.7. The highest BCUT2D eigenvalue weighted by molar-refractivity contribution is 6.04. The van der Waals surface area contributed by atoms with E-state index in [1.54, 1.807) is 18.2 Å². The second kappa shape index (κ2) is 5.87. The Morgan fingerprint density at radius 2 is 1.91 bits per heavy atom. The van der Waals surface area contributed by atoms with E-state index in [0.717, 1.165) is 6.07 Å². The van der Waals surface area contributed by atoms with Crippen molar-refractivity contribution in [2.24, 2.45) is 0 Å². The molecule has 23 heavy (non-hydrogen) atoms. The fraction of sp³-hybridized carbons (Fsp3) is 0. The number of halogens is 3. The number of aromatic nitrogens is 4. The summed E-state index contributed by atoms with van der Waals surface area (Å²) in [6.07, 6.45) is 0. The molecule has 0 aliphatic carbocycles. The van der Waals surface area contributed by atoms with Crippen LogP contribution in [0.1, 0.15) is 10.4 Å². The summed E-state index contributed by atoms with van der Waals surface area (Å²) < 4.78 is 39.7. The monoisotopic (exact) mass is 319 g/mol. The Bertz CT molecular complexity index is 867. The zero-order valence-electron chi connectivity index (χ0n) is 11.3. The van der Waals surface area contributed by atoms with E-state index in [1.807, 2.05) is 0 Å². The maximum atomic E-state index is 13.6. The molecular formula is C14H8F3N5O. The molecule has 0 aliphatic rings. The fourth-order valence-electron chi connectivity index (χ4n) is 1.92. The largest absolute Gasteiger partial charge is 0.322 e. The second-order valence-electron chi connectivity index (χ2n) is 4.49. The number of hydrogen-bond donors (Lipinski definition) is 2. The van der Waals surface area contributed by atoms with Crippen molar-refractivity contribution in [3.8, 4) is 11.4 Å². The second-order valence-corrected chi connectivity index (χ2v) is 4.49. The van der Waals surface area contributed by atoms with Crippen molar-refractivity contribution in [3.05, 3.63) is 59.4 Å². The van der Waals surface area contributed by atoms with Crippen LogP contribution in [-0.2, 0) is 0 Å². The minimum absolute atomic E-state index is 0.306. The van der Waals surface area contributed by atoms with Crippen LogP contribution in [-0.4, -0.2) is 26.5 Å². The zero-order valence-corrected chi connectivity index (χ0v) is 11.3. The molecule has 6 nitrogen and oxygen atoms in total. The molecule has 3 rings (SSSR count). The summed E-state index contributed by atoms with van der Waals surface area (Å²) in [4.78, 5) is 12.0. The van der Waals surface area contributed by atoms with Gasteiger partial charge in [0.1, 0.15) is 0 Å². The molecule has 1 aromatic heterocycles. The van der Waals surface area contributed by atoms with E-state index in [1.165, 1.54) is 6.07 Å². The van der Waals surface area contributed by atoms with E-state index < -0.39 is 28.9 Å². The van der Waals surface area contributed by atoms with Crippen LogP contribution in [0.3, 0.4) is 0 Å². The third kappa shape index (κ3) is 2.89. The van der Waals surface area contributed by atoms with Gasteiger partial charge >= 0.3 is 0 Å². The molecular weight excluding hydrogens is 311 g/mol. The number of nitrogens with zero attached hydrogens (tertiary/aromatic N) is 3. The van der Waals surface area contributed by atoms with Crippen LogP contribution in [0.15, 0.2) is 36.4 Å². The van der Waals surface area contributed by atoms with Gasteiger partial charge in [-0.1, -0.05) is 12.1 Å². The number of carbonyl (C=O) groups excluding carboxylic acids is 1. The Morgan fingerprint density at radius 1 is 1.09 bits per heavy atom.